The Labute approximate surface area is 127 Å². The number of thioether (sulfide) groups is 1. The highest BCUT2D eigenvalue weighted by atomic mass is 79.9. The number of carbonyl (C=O) groups is 1. The second kappa shape index (κ2) is 6.71. The van der Waals surface area contributed by atoms with Crippen LogP contribution in [0.4, 0.5) is 0 Å². The van der Waals surface area contributed by atoms with Gasteiger partial charge in [0.05, 0.1) is 12.7 Å². The third kappa shape index (κ3) is 3.71. The van der Waals surface area contributed by atoms with E-state index >= 15 is 0 Å². The highest BCUT2D eigenvalue weighted by Gasteiger charge is 2.09. The van der Waals surface area contributed by atoms with Gasteiger partial charge in [0.1, 0.15) is 0 Å². The van der Waals surface area contributed by atoms with E-state index in [1.54, 1.807) is 12.1 Å². The Balaban J connectivity index is 2.10. The minimum atomic E-state index is -0.376. The molecular formula is C13H11BrN2O3S. The van der Waals surface area contributed by atoms with E-state index in [4.69, 9.17) is 0 Å². The van der Waals surface area contributed by atoms with Gasteiger partial charge in [0.25, 0.3) is 5.56 Å². The zero-order valence-electron chi connectivity index (χ0n) is 10.6. The van der Waals surface area contributed by atoms with Crippen LogP contribution in [0.2, 0.25) is 0 Å². The number of benzene rings is 1. The molecule has 0 saturated carbocycles. The number of nitrogens with zero attached hydrogens (tertiary/aromatic N) is 1. The smallest absolute Gasteiger partial charge is 0.337 e. The molecule has 1 aromatic carbocycles. The van der Waals surface area contributed by atoms with Gasteiger partial charge in [-0.25, -0.2) is 9.78 Å². The summed E-state index contributed by atoms with van der Waals surface area (Å²) in [5.41, 5.74) is 1.30. The first-order valence-corrected chi connectivity index (χ1v) is 7.43. The van der Waals surface area contributed by atoms with E-state index < -0.39 is 0 Å². The number of nitrogens with one attached hydrogen (secondary N) is 1. The van der Waals surface area contributed by atoms with Crippen molar-refractivity contribution in [3.05, 3.63) is 56.4 Å². The van der Waals surface area contributed by atoms with Crippen LogP contribution < -0.4 is 5.56 Å². The van der Waals surface area contributed by atoms with E-state index in [-0.39, 0.29) is 11.5 Å². The van der Waals surface area contributed by atoms with E-state index in [1.807, 2.05) is 6.07 Å². The van der Waals surface area contributed by atoms with Crippen molar-refractivity contribution >= 4 is 33.7 Å². The molecule has 2 aromatic rings. The summed E-state index contributed by atoms with van der Waals surface area (Å²) in [6.07, 6.45) is 1.47. The fourth-order valence-corrected chi connectivity index (χ4v) is 3.04. The molecule has 0 aliphatic carbocycles. The van der Waals surface area contributed by atoms with Gasteiger partial charge in [-0.2, -0.15) is 0 Å². The largest absolute Gasteiger partial charge is 0.465 e. The van der Waals surface area contributed by atoms with Crippen molar-refractivity contribution in [1.82, 2.24) is 9.97 Å². The van der Waals surface area contributed by atoms with Crippen molar-refractivity contribution in [2.24, 2.45) is 0 Å². The van der Waals surface area contributed by atoms with Crippen molar-refractivity contribution in [3.63, 3.8) is 0 Å². The molecule has 20 heavy (non-hydrogen) atoms. The van der Waals surface area contributed by atoms with Gasteiger partial charge in [0, 0.05) is 22.5 Å². The number of carbonyl (C=O) groups excluding carboxylic acids is 1. The van der Waals surface area contributed by atoms with Crippen molar-refractivity contribution in [1.29, 1.82) is 0 Å². The van der Waals surface area contributed by atoms with Gasteiger partial charge in [-0.3, -0.25) is 4.79 Å². The van der Waals surface area contributed by atoms with Gasteiger partial charge < -0.3 is 9.72 Å². The third-order valence-electron chi connectivity index (χ3n) is 2.49. The summed E-state index contributed by atoms with van der Waals surface area (Å²) in [6.45, 7) is 0. The average molecular weight is 355 g/mol. The summed E-state index contributed by atoms with van der Waals surface area (Å²) in [4.78, 5) is 29.3. The van der Waals surface area contributed by atoms with Crippen LogP contribution in [-0.4, -0.2) is 23.0 Å². The van der Waals surface area contributed by atoms with Crippen LogP contribution in [0.15, 0.2) is 44.9 Å². The number of hydrogen-bond donors (Lipinski definition) is 1. The Morgan fingerprint density at radius 1 is 1.45 bits per heavy atom. The van der Waals surface area contributed by atoms with E-state index in [9.17, 15) is 9.59 Å². The zero-order chi connectivity index (χ0) is 14.5. The number of methoxy groups -OCH3 is 1. The standard InChI is InChI=1S/C13H11BrN2O3S/c1-19-12(18)8-2-3-9(10(14)6-8)7-20-13-15-5-4-11(17)16-13/h2-6H,7H2,1H3,(H,15,16,17). The monoisotopic (exact) mass is 354 g/mol. The molecule has 1 aromatic heterocycles. The minimum absolute atomic E-state index is 0.178. The Morgan fingerprint density at radius 3 is 2.90 bits per heavy atom. The zero-order valence-corrected chi connectivity index (χ0v) is 13.0. The molecule has 1 N–H and O–H groups in total. The second-order valence-corrected chi connectivity index (χ2v) is 5.64. The molecular weight excluding hydrogens is 344 g/mol. The molecule has 0 radical (unpaired) electrons. The molecule has 104 valence electrons. The number of ether oxygens (including phenoxy) is 1. The van der Waals surface area contributed by atoms with E-state index in [2.05, 4.69) is 30.6 Å². The minimum Gasteiger partial charge on any atom is -0.465 e. The number of H-pyrrole nitrogens is 1. The summed E-state index contributed by atoms with van der Waals surface area (Å²) in [7, 11) is 1.34. The van der Waals surface area contributed by atoms with Crippen LogP contribution in [0.1, 0.15) is 15.9 Å². The molecule has 0 aliphatic rings. The molecule has 0 atom stereocenters. The van der Waals surface area contributed by atoms with Gasteiger partial charge >= 0.3 is 5.97 Å². The van der Waals surface area contributed by atoms with E-state index in [0.717, 1.165) is 10.0 Å². The van der Waals surface area contributed by atoms with Crippen molar-refractivity contribution in [2.45, 2.75) is 10.9 Å². The van der Waals surface area contributed by atoms with Gasteiger partial charge in [-0.15, -0.1) is 0 Å². The lowest BCUT2D eigenvalue weighted by Gasteiger charge is -2.06. The maximum absolute atomic E-state index is 11.4. The number of halogens is 1. The number of hydrogen-bond acceptors (Lipinski definition) is 5. The van der Waals surface area contributed by atoms with Crippen LogP contribution in [-0.2, 0) is 10.5 Å². The molecule has 0 amide bonds. The average Bonchev–Trinajstić information content (AvgIpc) is 2.45. The van der Waals surface area contributed by atoms with E-state index in [0.29, 0.717) is 16.5 Å². The van der Waals surface area contributed by atoms with Gasteiger partial charge in [-0.05, 0) is 17.7 Å². The maximum atomic E-state index is 11.4. The summed E-state index contributed by atoms with van der Waals surface area (Å²) < 4.78 is 5.47. The summed E-state index contributed by atoms with van der Waals surface area (Å²) >= 11 is 4.83. The van der Waals surface area contributed by atoms with Gasteiger partial charge in [0.2, 0.25) is 0 Å². The fourth-order valence-electron chi connectivity index (χ4n) is 1.48. The Morgan fingerprint density at radius 2 is 2.25 bits per heavy atom. The van der Waals surface area contributed by atoms with Crippen LogP contribution in [0, 0.1) is 0 Å². The lowest BCUT2D eigenvalue weighted by Crippen LogP contribution is -2.05. The lowest BCUT2D eigenvalue weighted by atomic mass is 10.1. The summed E-state index contributed by atoms with van der Waals surface area (Å²) in [5.74, 6) is 0.244. The highest BCUT2D eigenvalue weighted by molar-refractivity contribution is 9.10. The predicted octanol–water partition coefficient (Wildman–Crippen LogP) is 2.61. The number of rotatable bonds is 4. The van der Waals surface area contributed by atoms with Crippen LogP contribution in [0.5, 0.6) is 0 Å². The molecule has 7 heteroatoms. The van der Waals surface area contributed by atoms with Gasteiger partial charge in [-0.1, -0.05) is 33.8 Å². The van der Waals surface area contributed by atoms with Crippen molar-refractivity contribution in [3.8, 4) is 0 Å². The summed E-state index contributed by atoms with van der Waals surface area (Å²) in [6, 6.07) is 6.62. The Kier molecular flexibility index (Phi) is 4.97. The van der Waals surface area contributed by atoms with Gasteiger partial charge in [0.15, 0.2) is 5.16 Å². The number of aromatic amines is 1. The molecule has 0 fully saturated rings. The molecule has 0 aliphatic heterocycles. The van der Waals surface area contributed by atoms with Crippen LogP contribution >= 0.6 is 27.7 Å². The molecule has 2 rings (SSSR count). The van der Waals surface area contributed by atoms with Crippen molar-refractivity contribution < 1.29 is 9.53 Å². The quantitative estimate of drug-likeness (QED) is 0.519. The van der Waals surface area contributed by atoms with Crippen LogP contribution in [0.25, 0.3) is 0 Å². The normalized spacial score (nSPS) is 10.3. The molecule has 0 spiro atoms. The Bertz CT molecular complexity index is 687. The first-order chi connectivity index (χ1) is 9.60. The molecule has 5 nitrogen and oxygen atoms in total. The molecule has 0 bridgehead atoms. The first kappa shape index (κ1) is 14.8. The highest BCUT2D eigenvalue weighted by Crippen LogP contribution is 2.25. The fraction of sp³-hybridized carbons (Fsp3) is 0.154. The topological polar surface area (TPSA) is 72.0 Å². The van der Waals surface area contributed by atoms with E-state index in [1.165, 1.54) is 31.1 Å². The van der Waals surface area contributed by atoms with Crippen molar-refractivity contribution in [2.75, 3.05) is 7.11 Å². The molecule has 1 heterocycles. The number of aromatic nitrogens is 2. The Hall–Kier alpha value is -1.60. The summed E-state index contributed by atoms with van der Waals surface area (Å²) in [5, 5.41) is 0.557. The molecule has 0 saturated heterocycles. The SMILES string of the molecule is COC(=O)c1ccc(CSc2nccc(=O)[nH]2)c(Br)c1. The first-order valence-electron chi connectivity index (χ1n) is 5.65. The number of esters is 1. The predicted molar refractivity (Wildman–Crippen MR) is 79.9 cm³/mol. The third-order valence-corrected chi connectivity index (χ3v) is 4.16. The lowest BCUT2D eigenvalue weighted by molar-refractivity contribution is 0.0600. The maximum Gasteiger partial charge on any atom is 0.337 e. The molecule has 0 unspecified atom stereocenters. The second-order valence-electron chi connectivity index (χ2n) is 3.83. The van der Waals surface area contributed by atoms with Crippen LogP contribution in [0.3, 0.4) is 0 Å².